The lowest BCUT2D eigenvalue weighted by molar-refractivity contribution is -0.00459. The van der Waals surface area contributed by atoms with E-state index in [1.165, 1.54) is 60.7 Å². The van der Waals surface area contributed by atoms with Gasteiger partial charge in [0.15, 0.2) is 0 Å². The number of allylic oxidation sites excluding steroid dienone is 2. The monoisotopic (exact) mass is 932 g/mol. The number of hydrogen-bond donors (Lipinski definition) is 1. The standard InChI is InChI=1S/C52H44N4O9S2/c53-55-43-23-21-34-36(51(43)58)16-9-19-48(34)66(60,61)64-46-26-32-25-33-27-47(65-67(62,63)49-20-10-17-37-35(49)22-24-44(56-54)52(37)59)40(31-13-5-2-6-14-31)29-42(33)50(38-15-7-8-18-45(38)57)41(32)28-39(46)30-11-3-1-4-12-30/h7-10,15-24,26-31,50,57H,1-6,11-14,25H2. The number of phenolic OH excluding ortho intramolecular Hbond substituents is 1. The van der Waals surface area contributed by atoms with Crippen LogP contribution in [0.15, 0.2) is 107 Å². The molecule has 13 nitrogen and oxygen atoms in total. The molecule has 2 fully saturated rings. The quantitative estimate of drug-likeness (QED) is 0.0828. The van der Waals surface area contributed by atoms with Crippen molar-refractivity contribution >= 4 is 55.4 Å². The van der Waals surface area contributed by atoms with E-state index in [1.54, 1.807) is 24.3 Å². The molecule has 5 aliphatic carbocycles. The summed E-state index contributed by atoms with van der Waals surface area (Å²) in [5.74, 6) is -1.57. The van der Waals surface area contributed by atoms with Crippen LogP contribution >= 0.6 is 0 Å². The maximum absolute atomic E-state index is 14.5. The van der Waals surface area contributed by atoms with Crippen molar-refractivity contribution in [2.45, 2.75) is 98.2 Å². The molecule has 0 amide bonds. The van der Waals surface area contributed by atoms with E-state index in [1.807, 2.05) is 24.3 Å². The topological polar surface area (TPSA) is 214 Å². The second-order valence-corrected chi connectivity index (χ2v) is 20.9. The lowest BCUT2D eigenvalue weighted by Gasteiger charge is -2.34. The molecule has 0 heterocycles. The zero-order valence-corrected chi connectivity index (χ0v) is 37.9. The number of rotatable bonds is 9. The van der Waals surface area contributed by atoms with Gasteiger partial charge >= 0.3 is 31.7 Å². The van der Waals surface area contributed by atoms with Crippen molar-refractivity contribution in [2.75, 3.05) is 0 Å². The summed E-state index contributed by atoms with van der Waals surface area (Å²) in [6, 6.07) is 23.2. The Hall–Kier alpha value is -7.02. The van der Waals surface area contributed by atoms with Crippen molar-refractivity contribution < 1.29 is 49.5 Å². The maximum Gasteiger partial charge on any atom is 0.362 e. The van der Waals surface area contributed by atoms with Crippen LogP contribution in [0.5, 0.6) is 17.2 Å². The van der Waals surface area contributed by atoms with Gasteiger partial charge in [-0.1, -0.05) is 93.1 Å². The van der Waals surface area contributed by atoms with Gasteiger partial charge in [0.05, 0.1) is 0 Å². The Bertz CT molecular complexity index is 3150. The number of benzene rings is 5. The van der Waals surface area contributed by atoms with Crippen LogP contribution in [0, 0.1) is 0 Å². The minimum absolute atomic E-state index is 0.0414. The van der Waals surface area contributed by atoms with Gasteiger partial charge < -0.3 is 24.5 Å². The number of carbonyl (C=O) groups excluding carboxylic acids is 2. The largest absolute Gasteiger partial charge is 0.508 e. The van der Waals surface area contributed by atoms with Crippen molar-refractivity contribution in [3.8, 4) is 17.2 Å². The molecule has 0 spiro atoms. The predicted octanol–water partition coefficient (Wildman–Crippen LogP) is 9.87. The molecule has 1 N–H and O–H groups in total. The van der Waals surface area contributed by atoms with Gasteiger partial charge in [-0.15, -0.1) is 0 Å². The Morgan fingerprint density at radius 1 is 0.522 bits per heavy atom. The molecule has 338 valence electrons. The Labute approximate surface area is 387 Å². The minimum Gasteiger partial charge on any atom is -0.508 e. The number of carbonyl (C=O) groups is 2. The summed E-state index contributed by atoms with van der Waals surface area (Å²) in [5, 5.41) is 11.6. The SMILES string of the molecule is [N-]=[N+]=C1C=Cc2c(cccc2S(=O)(=O)Oc2cc3c(cc2C2CCCCC2)C(c2ccccc2O)c2cc(C4CCCCC4)c(OS(=O)(=O)c4cccc5c4C=CC(=[N+]=[N-])C5=O)cc2C3)C1=O. The van der Waals surface area contributed by atoms with Crippen LogP contribution in [0.4, 0.5) is 0 Å². The van der Waals surface area contributed by atoms with Crippen molar-refractivity contribution in [1.29, 1.82) is 0 Å². The van der Waals surface area contributed by atoms with Gasteiger partial charge in [0.1, 0.15) is 27.0 Å². The highest BCUT2D eigenvalue weighted by Crippen LogP contribution is 2.51. The summed E-state index contributed by atoms with van der Waals surface area (Å²) >= 11 is 0. The highest BCUT2D eigenvalue weighted by atomic mass is 32.2. The van der Waals surface area contributed by atoms with Gasteiger partial charge in [0.25, 0.3) is 11.6 Å². The first-order valence-corrected chi connectivity index (χ1v) is 25.3. The highest BCUT2D eigenvalue weighted by molar-refractivity contribution is 7.87. The summed E-state index contributed by atoms with van der Waals surface area (Å²) < 4.78 is 70.4. The van der Waals surface area contributed by atoms with Crippen LogP contribution in [-0.4, -0.2) is 54.5 Å². The van der Waals surface area contributed by atoms with E-state index < -0.39 is 37.7 Å². The summed E-state index contributed by atoms with van der Waals surface area (Å²) in [7, 11) is -9.17. The van der Waals surface area contributed by atoms with Gasteiger partial charge in [-0.2, -0.15) is 26.4 Å². The van der Waals surface area contributed by atoms with E-state index in [9.17, 15) is 42.6 Å². The number of nitrogens with zero attached hydrogens (tertiary/aromatic N) is 4. The van der Waals surface area contributed by atoms with Crippen molar-refractivity contribution in [2.24, 2.45) is 0 Å². The lowest BCUT2D eigenvalue weighted by Crippen LogP contribution is -2.22. The van der Waals surface area contributed by atoms with E-state index in [4.69, 9.17) is 8.37 Å². The number of aromatic hydroxyl groups is 1. The van der Waals surface area contributed by atoms with Gasteiger partial charge in [-0.05, 0) is 120 Å². The summed E-state index contributed by atoms with van der Waals surface area (Å²) in [6.07, 6.45) is 14.7. The second kappa shape index (κ2) is 17.3. The van der Waals surface area contributed by atoms with Crippen LogP contribution < -0.4 is 8.37 Å². The molecule has 2 saturated carbocycles. The Kier molecular flexibility index (Phi) is 11.3. The first-order valence-electron chi connectivity index (χ1n) is 22.5. The highest BCUT2D eigenvalue weighted by Gasteiger charge is 2.38. The van der Waals surface area contributed by atoms with Gasteiger partial charge in [-0.25, -0.2) is 0 Å². The van der Waals surface area contributed by atoms with Crippen molar-refractivity contribution in [3.63, 3.8) is 0 Å². The fraction of sp³-hybridized carbons (Fsp3) is 0.269. The average molecular weight is 933 g/mol. The van der Waals surface area contributed by atoms with Crippen molar-refractivity contribution in [1.82, 2.24) is 0 Å². The normalized spacial score (nSPS) is 18.3. The molecule has 10 rings (SSSR count). The second-order valence-electron chi connectivity index (χ2n) is 17.8. The molecular formula is C52H44N4O9S2. The average Bonchev–Trinajstić information content (AvgIpc) is 3.33. The predicted molar refractivity (Wildman–Crippen MR) is 249 cm³/mol. The number of fused-ring (bicyclic) bond motifs is 4. The molecule has 0 saturated heterocycles. The first-order chi connectivity index (χ1) is 32.4. The molecule has 15 heteroatoms. The molecule has 0 aromatic heterocycles. The fourth-order valence-corrected chi connectivity index (χ4v) is 13.0. The summed E-state index contributed by atoms with van der Waals surface area (Å²) in [4.78, 5) is 31.8. The lowest BCUT2D eigenvalue weighted by atomic mass is 9.71. The third kappa shape index (κ3) is 7.87. The molecule has 0 atom stereocenters. The Balaban J connectivity index is 1.13. The van der Waals surface area contributed by atoms with Gasteiger partial charge in [0, 0.05) is 45.9 Å². The molecule has 0 radical (unpaired) electrons. The minimum atomic E-state index is -4.59. The molecule has 5 aromatic carbocycles. The zero-order valence-electron chi connectivity index (χ0n) is 36.2. The number of ketones is 2. The molecule has 5 aliphatic rings. The summed E-state index contributed by atoms with van der Waals surface area (Å²) in [6.45, 7) is 0. The Morgan fingerprint density at radius 2 is 0.970 bits per heavy atom. The van der Waals surface area contributed by atoms with E-state index >= 15 is 0 Å². The van der Waals surface area contributed by atoms with E-state index in [0.29, 0.717) is 27.8 Å². The van der Waals surface area contributed by atoms with E-state index in [0.717, 1.165) is 75.3 Å². The van der Waals surface area contributed by atoms with Crippen LogP contribution in [0.1, 0.15) is 153 Å². The smallest absolute Gasteiger partial charge is 0.362 e. The number of para-hydroxylation sites is 1. The fourth-order valence-electron chi connectivity index (χ4n) is 10.7. The number of hydrogen-bond acceptors (Lipinski definition) is 9. The molecule has 5 aromatic rings. The number of phenols is 1. The number of Topliss-reactive ketones (excluding diaryl/α,β-unsaturated/α-hetero) is 2. The third-order valence-corrected chi connectivity index (χ3v) is 16.5. The van der Waals surface area contributed by atoms with E-state index in [2.05, 4.69) is 9.58 Å². The van der Waals surface area contributed by atoms with Crippen LogP contribution in [-0.2, 0) is 26.7 Å². The summed E-state index contributed by atoms with van der Waals surface area (Å²) in [5.41, 5.74) is 23.8. The maximum atomic E-state index is 14.5. The van der Waals surface area contributed by atoms with Gasteiger partial charge in [-0.3, -0.25) is 9.59 Å². The van der Waals surface area contributed by atoms with Gasteiger partial charge in [0.2, 0.25) is 0 Å². The first kappa shape index (κ1) is 43.9. The Morgan fingerprint density at radius 3 is 1.40 bits per heavy atom. The van der Waals surface area contributed by atoms with Crippen LogP contribution in [0.3, 0.4) is 0 Å². The zero-order chi connectivity index (χ0) is 46.6. The van der Waals surface area contributed by atoms with Crippen LogP contribution in [0.25, 0.3) is 23.2 Å². The molecule has 0 bridgehead atoms. The van der Waals surface area contributed by atoms with Crippen LogP contribution in [0.2, 0.25) is 0 Å². The molecule has 67 heavy (non-hydrogen) atoms. The molecule has 0 aliphatic heterocycles. The van der Waals surface area contributed by atoms with E-state index in [-0.39, 0.29) is 79.0 Å². The molecular weight excluding hydrogens is 889 g/mol. The van der Waals surface area contributed by atoms with Crippen molar-refractivity contribution in [3.05, 3.63) is 169 Å². The molecule has 0 unspecified atom stereocenters. The third-order valence-electron chi connectivity index (χ3n) is 13.9.